The molecule has 0 aliphatic heterocycles. The zero-order valence-corrected chi connectivity index (χ0v) is 11.2. The Morgan fingerprint density at radius 2 is 1.75 bits per heavy atom. The third kappa shape index (κ3) is 5.34. The minimum absolute atomic E-state index is 0.0687. The van der Waals surface area contributed by atoms with E-state index >= 15 is 0 Å². The quantitative estimate of drug-likeness (QED) is 0.460. The van der Waals surface area contributed by atoms with Crippen LogP contribution in [-0.4, -0.2) is 12.1 Å². The number of esters is 1. The highest BCUT2D eigenvalue weighted by Crippen LogP contribution is 2.23. The molecular weight excluding hydrogens is 200 g/mol. The van der Waals surface area contributed by atoms with Crippen molar-refractivity contribution in [3.63, 3.8) is 0 Å². The van der Waals surface area contributed by atoms with Crippen LogP contribution in [0, 0.1) is 5.92 Å². The van der Waals surface area contributed by atoms with Gasteiger partial charge in [0.2, 0.25) is 0 Å². The maximum absolute atomic E-state index is 11.5. The second kappa shape index (κ2) is 8.37. The second-order valence-corrected chi connectivity index (χ2v) is 4.47. The molecule has 2 unspecified atom stereocenters. The first kappa shape index (κ1) is 15.2. The van der Waals surface area contributed by atoms with Crippen molar-refractivity contribution in [2.75, 3.05) is 0 Å². The summed E-state index contributed by atoms with van der Waals surface area (Å²) in [5.41, 5.74) is 0.493. The first-order valence-electron chi connectivity index (χ1n) is 6.43. The zero-order chi connectivity index (χ0) is 12.6. The monoisotopic (exact) mass is 226 g/mol. The Kier molecular flexibility index (Phi) is 7.96. The van der Waals surface area contributed by atoms with Gasteiger partial charge in [0, 0.05) is 5.57 Å². The first-order valence-corrected chi connectivity index (χ1v) is 6.43. The number of rotatable bonds is 8. The molecule has 0 saturated heterocycles. The normalized spacial score (nSPS) is 14.2. The maximum atomic E-state index is 11.5. The van der Waals surface area contributed by atoms with Gasteiger partial charge in [0.1, 0.15) is 6.10 Å². The van der Waals surface area contributed by atoms with Gasteiger partial charge in [-0.05, 0) is 32.1 Å². The molecule has 0 aromatic rings. The van der Waals surface area contributed by atoms with E-state index in [0.717, 1.165) is 32.1 Å². The number of ether oxygens (including phenoxy) is 1. The highest BCUT2D eigenvalue weighted by atomic mass is 16.5. The summed E-state index contributed by atoms with van der Waals surface area (Å²) in [6.07, 6.45) is 5.42. The maximum Gasteiger partial charge on any atom is 0.333 e. The molecule has 0 fully saturated rings. The Morgan fingerprint density at radius 1 is 1.19 bits per heavy atom. The highest BCUT2D eigenvalue weighted by molar-refractivity contribution is 5.87. The number of carbonyl (C=O) groups is 1. The number of hydrogen-bond acceptors (Lipinski definition) is 2. The van der Waals surface area contributed by atoms with Crippen LogP contribution < -0.4 is 0 Å². The van der Waals surface area contributed by atoms with Crippen LogP contribution >= 0.6 is 0 Å². The summed E-state index contributed by atoms with van der Waals surface area (Å²) in [7, 11) is 0. The largest absolute Gasteiger partial charge is 0.459 e. The predicted octanol–water partition coefficient (Wildman–Crippen LogP) is 4.10. The molecule has 0 aromatic heterocycles. The van der Waals surface area contributed by atoms with Crippen LogP contribution in [0.1, 0.15) is 59.8 Å². The van der Waals surface area contributed by atoms with Crippen molar-refractivity contribution in [1.29, 1.82) is 0 Å². The van der Waals surface area contributed by atoms with Crippen LogP contribution in [0.15, 0.2) is 12.2 Å². The lowest BCUT2D eigenvalue weighted by Gasteiger charge is -2.25. The minimum atomic E-state index is -0.243. The molecule has 0 spiro atoms. The SMILES string of the molecule is C=C(C)C(=O)OC(CCC)C(CC)CCC. The van der Waals surface area contributed by atoms with Gasteiger partial charge >= 0.3 is 5.97 Å². The Labute approximate surface area is 100 Å². The molecule has 94 valence electrons. The van der Waals surface area contributed by atoms with Crippen molar-refractivity contribution < 1.29 is 9.53 Å². The van der Waals surface area contributed by atoms with E-state index in [0.29, 0.717) is 11.5 Å². The molecule has 0 radical (unpaired) electrons. The summed E-state index contributed by atoms with van der Waals surface area (Å²) in [5, 5.41) is 0. The standard InChI is InChI=1S/C14H26O2/c1-6-9-12(8-3)13(10-7-2)16-14(15)11(4)5/h12-13H,4,6-10H2,1-3,5H3. The summed E-state index contributed by atoms with van der Waals surface area (Å²) in [6, 6.07) is 0. The van der Waals surface area contributed by atoms with Crippen LogP contribution in [0.25, 0.3) is 0 Å². The van der Waals surface area contributed by atoms with E-state index in [-0.39, 0.29) is 12.1 Å². The number of carbonyl (C=O) groups excluding carboxylic acids is 1. The third-order valence-electron chi connectivity index (χ3n) is 2.89. The van der Waals surface area contributed by atoms with Gasteiger partial charge < -0.3 is 4.74 Å². The summed E-state index contributed by atoms with van der Waals surface area (Å²) in [5.74, 6) is 0.251. The van der Waals surface area contributed by atoms with Crippen LogP contribution in [0.3, 0.4) is 0 Å². The van der Waals surface area contributed by atoms with Gasteiger partial charge in [-0.25, -0.2) is 4.79 Å². The van der Waals surface area contributed by atoms with Gasteiger partial charge in [0.05, 0.1) is 0 Å². The predicted molar refractivity (Wildman–Crippen MR) is 68.3 cm³/mol. The smallest absolute Gasteiger partial charge is 0.333 e. The zero-order valence-electron chi connectivity index (χ0n) is 11.2. The molecule has 0 saturated carbocycles. The van der Waals surface area contributed by atoms with Gasteiger partial charge in [-0.15, -0.1) is 0 Å². The molecule has 0 aliphatic rings. The summed E-state index contributed by atoms with van der Waals surface area (Å²) >= 11 is 0. The van der Waals surface area contributed by atoms with Crippen molar-refractivity contribution in [3.05, 3.63) is 12.2 Å². The van der Waals surface area contributed by atoms with Crippen molar-refractivity contribution in [1.82, 2.24) is 0 Å². The summed E-state index contributed by atoms with van der Waals surface area (Å²) in [6.45, 7) is 11.8. The van der Waals surface area contributed by atoms with E-state index in [1.54, 1.807) is 6.92 Å². The lowest BCUT2D eigenvalue weighted by molar-refractivity contribution is -0.147. The van der Waals surface area contributed by atoms with Crippen LogP contribution in [0.2, 0.25) is 0 Å². The average molecular weight is 226 g/mol. The average Bonchev–Trinajstić information content (AvgIpc) is 2.25. The van der Waals surface area contributed by atoms with E-state index in [4.69, 9.17) is 4.74 Å². The van der Waals surface area contributed by atoms with Crippen molar-refractivity contribution in [2.45, 2.75) is 65.9 Å². The fourth-order valence-electron chi connectivity index (χ4n) is 1.94. The fraction of sp³-hybridized carbons (Fsp3) is 0.786. The molecule has 0 bridgehead atoms. The summed E-state index contributed by atoms with van der Waals surface area (Å²) in [4.78, 5) is 11.5. The summed E-state index contributed by atoms with van der Waals surface area (Å²) < 4.78 is 5.52. The van der Waals surface area contributed by atoms with Gasteiger partial charge in [-0.3, -0.25) is 0 Å². The van der Waals surface area contributed by atoms with Crippen LogP contribution in [-0.2, 0) is 9.53 Å². The van der Waals surface area contributed by atoms with E-state index in [1.807, 2.05) is 0 Å². The lowest BCUT2D eigenvalue weighted by atomic mass is 9.91. The first-order chi connectivity index (χ1) is 7.56. The van der Waals surface area contributed by atoms with E-state index in [1.165, 1.54) is 0 Å². The van der Waals surface area contributed by atoms with Crippen molar-refractivity contribution >= 4 is 5.97 Å². The molecule has 2 nitrogen and oxygen atoms in total. The van der Waals surface area contributed by atoms with Gasteiger partial charge in [0.15, 0.2) is 0 Å². The highest BCUT2D eigenvalue weighted by Gasteiger charge is 2.22. The second-order valence-electron chi connectivity index (χ2n) is 4.47. The molecule has 0 N–H and O–H groups in total. The topological polar surface area (TPSA) is 26.3 Å². The molecule has 0 rings (SSSR count). The van der Waals surface area contributed by atoms with Gasteiger partial charge in [-0.1, -0.05) is 40.2 Å². The molecule has 16 heavy (non-hydrogen) atoms. The van der Waals surface area contributed by atoms with Gasteiger partial charge in [-0.2, -0.15) is 0 Å². The number of hydrogen-bond donors (Lipinski definition) is 0. The Morgan fingerprint density at radius 3 is 2.12 bits per heavy atom. The molecule has 0 aliphatic carbocycles. The Bertz CT molecular complexity index is 221. The van der Waals surface area contributed by atoms with E-state index < -0.39 is 0 Å². The van der Waals surface area contributed by atoms with Crippen LogP contribution in [0.4, 0.5) is 0 Å². The van der Waals surface area contributed by atoms with E-state index in [2.05, 4.69) is 27.4 Å². The molecule has 0 heterocycles. The van der Waals surface area contributed by atoms with E-state index in [9.17, 15) is 4.79 Å². The third-order valence-corrected chi connectivity index (χ3v) is 2.89. The van der Waals surface area contributed by atoms with Crippen molar-refractivity contribution in [3.8, 4) is 0 Å². The fourth-order valence-corrected chi connectivity index (χ4v) is 1.94. The molecule has 2 atom stereocenters. The molecule has 2 heteroatoms. The lowest BCUT2D eigenvalue weighted by Crippen LogP contribution is -2.27. The minimum Gasteiger partial charge on any atom is -0.459 e. The molecule has 0 amide bonds. The molecular formula is C14H26O2. The Balaban J connectivity index is 4.44. The van der Waals surface area contributed by atoms with Crippen molar-refractivity contribution in [2.24, 2.45) is 5.92 Å². The van der Waals surface area contributed by atoms with Gasteiger partial charge in [0.25, 0.3) is 0 Å². The molecule has 0 aromatic carbocycles. The van der Waals surface area contributed by atoms with Crippen LogP contribution in [0.5, 0.6) is 0 Å². The Hall–Kier alpha value is -0.790.